The fourth-order valence-electron chi connectivity index (χ4n) is 9.44. The van der Waals surface area contributed by atoms with Gasteiger partial charge in [-0.25, -0.2) is 4.79 Å². The predicted octanol–water partition coefficient (Wildman–Crippen LogP) is 3.75. The van der Waals surface area contributed by atoms with Crippen LogP contribution in [0.15, 0.2) is 11.1 Å². The second kappa shape index (κ2) is 6.36. The van der Waals surface area contributed by atoms with Gasteiger partial charge >= 0.3 is 5.97 Å². The number of allylic oxidation sites excluding steroid dienone is 2. The number of fused-ring (bicyclic) bond motifs is 5. The quantitative estimate of drug-likeness (QED) is 0.434. The molecule has 0 amide bonds. The monoisotopic (exact) mass is 432 g/mol. The average molecular weight is 433 g/mol. The maximum absolute atomic E-state index is 12.4. The molecule has 0 radical (unpaired) electrons. The van der Waals surface area contributed by atoms with Crippen LogP contribution in [0.25, 0.3) is 0 Å². The zero-order valence-corrected chi connectivity index (χ0v) is 19.8. The summed E-state index contributed by atoms with van der Waals surface area (Å²) >= 11 is 0. The minimum Gasteiger partial charge on any atom is -0.456 e. The third-order valence-corrected chi connectivity index (χ3v) is 11.8. The fourth-order valence-corrected chi connectivity index (χ4v) is 9.44. The number of ether oxygens (including phenoxy) is 1. The summed E-state index contributed by atoms with van der Waals surface area (Å²) in [6, 6.07) is 0. The zero-order chi connectivity index (χ0) is 22.6. The molecular weight excluding hydrogens is 392 g/mol. The van der Waals surface area contributed by atoms with E-state index in [0.717, 1.165) is 51.4 Å². The average Bonchev–Trinajstić information content (AvgIpc) is 3.11. The van der Waals surface area contributed by atoms with E-state index < -0.39 is 29.2 Å². The highest BCUT2D eigenvalue weighted by Gasteiger charge is 2.73. The molecule has 1 spiro atoms. The summed E-state index contributed by atoms with van der Waals surface area (Å²) in [4.78, 5) is 12.4. The smallest absolute Gasteiger partial charge is 0.335 e. The molecule has 174 valence electrons. The van der Waals surface area contributed by atoms with Crippen LogP contribution >= 0.6 is 0 Å². The van der Waals surface area contributed by atoms with Crippen LogP contribution in [0.3, 0.4) is 0 Å². The number of carbonyl (C=O) groups excluding carboxylic acids is 1. The molecule has 1 saturated heterocycles. The molecule has 2 saturated carbocycles. The molecule has 1 heterocycles. The first-order chi connectivity index (χ1) is 14.4. The number of aliphatic hydroxyl groups excluding tert-OH is 3. The Bertz CT molecular complexity index is 851. The van der Waals surface area contributed by atoms with Crippen LogP contribution in [0.1, 0.15) is 86.0 Å². The normalized spacial score (nSPS) is 56.3. The lowest BCUT2D eigenvalue weighted by Gasteiger charge is -2.63. The summed E-state index contributed by atoms with van der Waals surface area (Å²) in [5.74, 6) is -0.363. The van der Waals surface area contributed by atoms with Crippen LogP contribution in [0.2, 0.25) is 0 Å². The Labute approximate surface area is 186 Å². The Hall–Kier alpha value is -0.910. The van der Waals surface area contributed by atoms with Gasteiger partial charge in [-0.3, -0.25) is 0 Å². The summed E-state index contributed by atoms with van der Waals surface area (Å²) in [5.41, 5.74) is 1.83. The number of hydrogen-bond donors (Lipinski definition) is 3. The van der Waals surface area contributed by atoms with Crippen LogP contribution in [-0.2, 0) is 9.53 Å². The van der Waals surface area contributed by atoms with Gasteiger partial charge in [0.15, 0.2) is 6.10 Å². The maximum atomic E-state index is 12.4. The Kier molecular flexibility index (Phi) is 4.49. The van der Waals surface area contributed by atoms with Crippen molar-refractivity contribution in [2.24, 2.45) is 33.5 Å². The van der Waals surface area contributed by atoms with Crippen molar-refractivity contribution in [3.8, 4) is 0 Å². The van der Waals surface area contributed by atoms with Crippen molar-refractivity contribution in [3.05, 3.63) is 11.1 Å². The second-order valence-electron chi connectivity index (χ2n) is 12.4. The van der Waals surface area contributed by atoms with Gasteiger partial charge in [0.05, 0.1) is 12.7 Å². The molecule has 0 aromatic carbocycles. The first-order valence-corrected chi connectivity index (χ1v) is 12.3. The lowest BCUT2D eigenvalue weighted by Crippen LogP contribution is -2.59. The Morgan fingerprint density at radius 3 is 2.29 bits per heavy atom. The molecule has 5 rings (SSSR count). The molecule has 3 fully saturated rings. The Morgan fingerprint density at radius 2 is 1.68 bits per heavy atom. The van der Waals surface area contributed by atoms with E-state index in [2.05, 4.69) is 27.7 Å². The molecule has 0 bridgehead atoms. The van der Waals surface area contributed by atoms with Crippen molar-refractivity contribution in [2.75, 3.05) is 6.61 Å². The molecule has 5 nitrogen and oxygen atoms in total. The lowest BCUT2D eigenvalue weighted by molar-refractivity contribution is -0.169. The third-order valence-electron chi connectivity index (χ3n) is 11.8. The van der Waals surface area contributed by atoms with Crippen LogP contribution in [0, 0.1) is 33.5 Å². The molecule has 0 aromatic rings. The molecule has 4 aliphatic carbocycles. The van der Waals surface area contributed by atoms with Crippen molar-refractivity contribution in [3.63, 3.8) is 0 Å². The molecular formula is C26H40O5. The second-order valence-corrected chi connectivity index (χ2v) is 12.4. The van der Waals surface area contributed by atoms with Gasteiger partial charge in [-0.05, 0) is 68.1 Å². The maximum Gasteiger partial charge on any atom is 0.335 e. The molecule has 1 aliphatic heterocycles. The lowest BCUT2D eigenvalue weighted by atomic mass is 9.42. The van der Waals surface area contributed by atoms with Crippen LogP contribution < -0.4 is 0 Å². The first-order valence-electron chi connectivity index (χ1n) is 12.3. The third kappa shape index (κ3) is 2.26. The van der Waals surface area contributed by atoms with Gasteiger partial charge in [0.1, 0.15) is 5.60 Å². The van der Waals surface area contributed by atoms with E-state index in [9.17, 15) is 20.1 Å². The number of rotatable bonds is 1. The van der Waals surface area contributed by atoms with E-state index in [-0.39, 0.29) is 34.7 Å². The molecule has 3 N–H and O–H groups in total. The van der Waals surface area contributed by atoms with E-state index >= 15 is 0 Å². The van der Waals surface area contributed by atoms with Crippen molar-refractivity contribution < 1.29 is 24.9 Å². The van der Waals surface area contributed by atoms with Crippen LogP contribution in [0.4, 0.5) is 0 Å². The van der Waals surface area contributed by atoms with Crippen LogP contribution in [-0.4, -0.2) is 45.7 Å². The van der Waals surface area contributed by atoms with Gasteiger partial charge in [0, 0.05) is 16.7 Å². The highest BCUT2D eigenvalue weighted by molar-refractivity contribution is 5.78. The van der Waals surface area contributed by atoms with Gasteiger partial charge in [-0.15, -0.1) is 0 Å². The fraction of sp³-hybridized carbons (Fsp3) is 0.885. The Balaban J connectivity index is 1.61. The number of hydrogen-bond acceptors (Lipinski definition) is 5. The van der Waals surface area contributed by atoms with Gasteiger partial charge in [0.2, 0.25) is 0 Å². The van der Waals surface area contributed by atoms with Crippen molar-refractivity contribution >= 4 is 5.97 Å². The largest absolute Gasteiger partial charge is 0.456 e. The van der Waals surface area contributed by atoms with Crippen molar-refractivity contribution in [1.29, 1.82) is 0 Å². The van der Waals surface area contributed by atoms with Crippen molar-refractivity contribution in [1.82, 2.24) is 0 Å². The van der Waals surface area contributed by atoms with E-state index in [1.807, 2.05) is 6.92 Å². The molecule has 9 atom stereocenters. The van der Waals surface area contributed by atoms with Gasteiger partial charge < -0.3 is 20.1 Å². The number of carbonyl (C=O) groups is 1. The summed E-state index contributed by atoms with van der Waals surface area (Å²) in [5, 5.41) is 31.6. The van der Waals surface area contributed by atoms with Crippen molar-refractivity contribution in [2.45, 2.75) is 104 Å². The van der Waals surface area contributed by atoms with E-state index in [1.54, 1.807) is 11.1 Å². The van der Waals surface area contributed by atoms with Gasteiger partial charge in [-0.2, -0.15) is 0 Å². The highest BCUT2D eigenvalue weighted by Crippen LogP contribution is 2.74. The number of esters is 1. The molecule has 5 heteroatoms. The minimum absolute atomic E-state index is 0.00185. The van der Waals surface area contributed by atoms with Gasteiger partial charge in [0.25, 0.3) is 0 Å². The number of aliphatic hydroxyl groups is 3. The highest BCUT2D eigenvalue weighted by atomic mass is 16.6. The standard InChI is InChI=1S/C26H40O5/c1-15-20(29)21(30)31-26(15)13-12-24(4)17-6-7-18-22(2,16(17)8-11-25(24,26)5)10-9-19(28)23(18,3)14-27/h15,18-20,27-29H,6-14H2,1-5H3/t15-,18-,19+,20-,22-,23-,24+,25+,26+/m1/s1. The van der Waals surface area contributed by atoms with E-state index in [4.69, 9.17) is 4.74 Å². The molecule has 0 aromatic heterocycles. The molecule has 5 aliphatic rings. The topological polar surface area (TPSA) is 87.0 Å². The summed E-state index contributed by atoms with van der Waals surface area (Å²) in [6.45, 7) is 11.2. The SMILES string of the molecule is C[C@@H]1[C@@H](O)C(=O)O[C@@]12CC[C@@]1(C)C3=C(CC[C@@]12C)[C@@]1(C)CC[C@H](O)[C@](C)(CO)[C@@H]1CC3. The Morgan fingerprint density at radius 1 is 0.968 bits per heavy atom. The summed E-state index contributed by atoms with van der Waals surface area (Å²) < 4.78 is 6.07. The van der Waals surface area contributed by atoms with E-state index in [1.165, 1.54) is 0 Å². The zero-order valence-electron chi connectivity index (χ0n) is 19.8. The summed E-state index contributed by atoms with van der Waals surface area (Å²) in [6.07, 6.45) is 5.94. The molecule has 31 heavy (non-hydrogen) atoms. The first kappa shape index (κ1) is 21.9. The van der Waals surface area contributed by atoms with E-state index in [0.29, 0.717) is 0 Å². The summed E-state index contributed by atoms with van der Waals surface area (Å²) in [7, 11) is 0. The van der Waals surface area contributed by atoms with Crippen LogP contribution in [0.5, 0.6) is 0 Å². The predicted molar refractivity (Wildman–Crippen MR) is 117 cm³/mol. The minimum atomic E-state index is -1.02. The van der Waals surface area contributed by atoms with Gasteiger partial charge in [-0.1, -0.05) is 45.8 Å². The molecule has 0 unspecified atom stereocenters.